The molecule has 2 aliphatic rings. The third kappa shape index (κ3) is 5.33. The molecule has 0 saturated carbocycles. The van der Waals surface area contributed by atoms with Crippen LogP contribution in [0, 0.1) is 15.9 Å². The molecule has 1 atom stereocenters. The second kappa shape index (κ2) is 9.89. The Kier molecular flexibility index (Phi) is 6.75. The van der Waals surface area contributed by atoms with Crippen LogP contribution < -0.4 is 15.1 Å². The Hall–Kier alpha value is -3.96. The van der Waals surface area contributed by atoms with Crippen LogP contribution in [0.15, 0.2) is 39.7 Å². The van der Waals surface area contributed by atoms with Crippen LogP contribution in [-0.2, 0) is 9.53 Å². The number of halogens is 1. The number of amides is 2. The van der Waals surface area contributed by atoms with E-state index in [0.29, 0.717) is 43.1 Å². The molecule has 0 radical (unpaired) electrons. The monoisotopic (exact) mass is 473 g/mol. The zero-order valence-corrected chi connectivity index (χ0v) is 18.5. The average molecular weight is 473 g/mol. The maximum Gasteiger partial charge on any atom is 0.433 e. The predicted octanol–water partition coefficient (Wildman–Crippen LogP) is 2.88. The number of cyclic esters (lactones) is 1. The van der Waals surface area contributed by atoms with Gasteiger partial charge in [0.25, 0.3) is 0 Å². The fraction of sp³-hybridized carbons (Fsp3) is 0.409. The van der Waals surface area contributed by atoms with Crippen molar-refractivity contribution in [2.75, 3.05) is 36.0 Å². The lowest BCUT2D eigenvalue weighted by Gasteiger charge is -2.32. The van der Waals surface area contributed by atoms with E-state index in [1.165, 1.54) is 36.2 Å². The lowest BCUT2D eigenvalue weighted by Crippen LogP contribution is -2.36. The number of ether oxygens (including phenoxy) is 1. The first-order valence-corrected chi connectivity index (χ1v) is 10.8. The quantitative estimate of drug-likeness (QED) is 0.372. The van der Waals surface area contributed by atoms with Crippen LogP contribution in [0.2, 0.25) is 0 Å². The van der Waals surface area contributed by atoms with E-state index >= 15 is 0 Å². The summed E-state index contributed by atoms with van der Waals surface area (Å²) in [7, 11) is 0. The smallest absolute Gasteiger partial charge is 0.433 e. The van der Waals surface area contributed by atoms with Crippen LogP contribution in [0.25, 0.3) is 0 Å². The molecule has 0 unspecified atom stereocenters. The molecule has 2 saturated heterocycles. The molecule has 0 spiro atoms. The van der Waals surface area contributed by atoms with E-state index in [-0.39, 0.29) is 30.9 Å². The first kappa shape index (κ1) is 23.2. The number of aliphatic imine (C=N–C) groups is 1. The molecule has 0 bridgehead atoms. The number of anilines is 2. The van der Waals surface area contributed by atoms with Crippen LogP contribution in [0.1, 0.15) is 25.5 Å². The third-order valence-electron chi connectivity index (χ3n) is 5.71. The second-order valence-electron chi connectivity index (χ2n) is 8.12. The fourth-order valence-corrected chi connectivity index (χ4v) is 3.96. The molecule has 2 aromatic rings. The van der Waals surface area contributed by atoms with Crippen molar-refractivity contribution in [3.05, 3.63) is 52.0 Å². The first-order valence-electron chi connectivity index (χ1n) is 10.8. The summed E-state index contributed by atoms with van der Waals surface area (Å²) >= 11 is 0. The molecule has 2 aliphatic heterocycles. The summed E-state index contributed by atoms with van der Waals surface area (Å²) in [6.45, 7) is 2.97. The van der Waals surface area contributed by atoms with Crippen molar-refractivity contribution < 1.29 is 28.1 Å². The number of furan rings is 1. The summed E-state index contributed by atoms with van der Waals surface area (Å²) in [5.41, 5.74) is 0.832. The van der Waals surface area contributed by atoms with Gasteiger partial charge in [-0.15, -0.1) is 0 Å². The summed E-state index contributed by atoms with van der Waals surface area (Å²) in [6.07, 6.45) is 1.78. The number of carbonyl (C=O) groups excluding carboxylic acids is 2. The van der Waals surface area contributed by atoms with Crippen LogP contribution in [0.5, 0.6) is 0 Å². The largest absolute Gasteiger partial charge is 0.442 e. The number of hydrogen-bond acceptors (Lipinski definition) is 8. The Morgan fingerprint density at radius 2 is 2.09 bits per heavy atom. The van der Waals surface area contributed by atoms with E-state index in [2.05, 4.69) is 10.3 Å². The van der Waals surface area contributed by atoms with Crippen LogP contribution in [0.4, 0.5) is 26.4 Å². The van der Waals surface area contributed by atoms with Gasteiger partial charge in [-0.2, -0.15) is 0 Å². The van der Waals surface area contributed by atoms with E-state index in [1.54, 1.807) is 12.1 Å². The summed E-state index contributed by atoms with van der Waals surface area (Å²) < 4.78 is 25.2. The molecule has 34 heavy (non-hydrogen) atoms. The Bertz CT molecular complexity index is 1110. The van der Waals surface area contributed by atoms with Gasteiger partial charge < -0.3 is 19.4 Å². The molecule has 2 amide bonds. The van der Waals surface area contributed by atoms with Gasteiger partial charge in [-0.25, -0.2) is 9.18 Å². The molecule has 180 valence electrons. The van der Waals surface area contributed by atoms with Crippen molar-refractivity contribution in [1.29, 1.82) is 0 Å². The van der Waals surface area contributed by atoms with Crippen molar-refractivity contribution in [2.24, 2.45) is 4.99 Å². The van der Waals surface area contributed by atoms with E-state index in [0.717, 1.165) is 0 Å². The van der Waals surface area contributed by atoms with Crippen molar-refractivity contribution in [1.82, 2.24) is 5.32 Å². The Morgan fingerprint density at radius 3 is 2.74 bits per heavy atom. The van der Waals surface area contributed by atoms with Crippen LogP contribution in [0.3, 0.4) is 0 Å². The molecule has 0 aliphatic carbocycles. The van der Waals surface area contributed by atoms with Gasteiger partial charge in [0.15, 0.2) is 5.76 Å². The zero-order chi connectivity index (χ0) is 24.2. The highest BCUT2D eigenvalue weighted by Crippen LogP contribution is 2.30. The highest BCUT2D eigenvalue weighted by atomic mass is 19.1. The van der Waals surface area contributed by atoms with Gasteiger partial charge >= 0.3 is 12.0 Å². The number of piperidine rings is 1. The van der Waals surface area contributed by atoms with E-state index in [4.69, 9.17) is 9.15 Å². The predicted molar refractivity (Wildman–Crippen MR) is 121 cm³/mol. The molecule has 11 nitrogen and oxygen atoms in total. The van der Waals surface area contributed by atoms with Crippen molar-refractivity contribution in [3.63, 3.8) is 0 Å². The van der Waals surface area contributed by atoms with Crippen molar-refractivity contribution in [2.45, 2.75) is 31.9 Å². The molecular weight excluding hydrogens is 449 g/mol. The van der Waals surface area contributed by atoms with Crippen LogP contribution >= 0.6 is 0 Å². The summed E-state index contributed by atoms with van der Waals surface area (Å²) in [5, 5.41) is 13.3. The Morgan fingerprint density at radius 1 is 1.32 bits per heavy atom. The van der Waals surface area contributed by atoms with Gasteiger partial charge in [0.1, 0.15) is 16.8 Å². The van der Waals surface area contributed by atoms with Gasteiger partial charge in [-0.3, -0.25) is 24.8 Å². The average Bonchev–Trinajstić information content (AvgIpc) is 3.43. The van der Waals surface area contributed by atoms with E-state index in [1.807, 2.05) is 4.90 Å². The molecule has 12 heteroatoms. The summed E-state index contributed by atoms with van der Waals surface area (Å²) in [6, 6.07) is 7.40. The minimum absolute atomic E-state index is 0.00246. The lowest BCUT2D eigenvalue weighted by molar-refractivity contribution is -0.402. The molecular formula is C22H24FN5O6. The lowest BCUT2D eigenvalue weighted by atomic mass is 10.0. The van der Waals surface area contributed by atoms with E-state index < -0.39 is 22.9 Å². The number of rotatable bonds is 7. The van der Waals surface area contributed by atoms with Gasteiger partial charge in [-0.05, 0) is 37.1 Å². The molecule has 2 fully saturated rings. The normalized spacial score (nSPS) is 19.0. The summed E-state index contributed by atoms with van der Waals surface area (Å²) in [4.78, 5) is 41.0. The standard InChI is InChI=1S/C22H24FN5O6/c1-14(29)24-12-18-13-27(22(30)34-18)16-2-4-20(19(23)10-16)26-8-6-15(7-9-26)25-11-17-3-5-21(33-17)28(31)32/h2-5,10-11,15,18H,6-9,12-13H2,1H3,(H,24,29)/t18-/m0/s1. The molecule has 1 N–H and O–H groups in total. The topological polar surface area (TPSA) is 131 Å². The van der Waals surface area contributed by atoms with Gasteiger partial charge in [0.05, 0.1) is 42.8 Å². The summed E-state index contributed by atoms with van der Waals surface area (Å²) in [5.74, 6) is -0.680. The molecule has 4 rings (SSSR count). The number of benzene rings is 1. The molecule has 3 heterocycles. The molecule has 1 aromatic heterocycles. The number of hydrogen-bond donors (Lipinski definition) is 1. The van der Waals surface area contributed by atoms with Crippen molar-refractivity contribution >= 4 is 35.5 Å². The van der Waals surface area contributed by atoms with Gasteiger partial charge in [0, 0.05) is 20.0 Å². The maximum atomic E-state index is 14.9. The highest BCUT2D eigenvalue weighted by molar-refractivity contribution is 5.90. The molecule has 1 aromatic carbocycles. The number of carbonyl (C=O) groups is 2. The first-order chi connectivity index (χ1) is 16.3. The van der Waals surface area contributed by atoms with Crippen molar-refractivity contribution in [3.8, 4) is 0 Å². The number of nitro groups is 1. The fourth-order valence-electron chi connectivity index (χ4n) is 3.96. The van der Waals surface area contributed by atoms with E-state index in [9.17, 15) is 24.1 Å². The van der Waals surface area contributed by atoms with Gasteiger partial charge in [0.2, 0.25) is 5.91 Å². The highest BCUT2D eigenvalue weighted by Gasteiger charge is 2.33. The Labute approximate surface area is 194 Å². The number of nitrogens with zero attached hydrogens (tertiary/aromatic N) is 4. The number of nitrogens with one attached hydrogen (secondary N) is 1. The minimum atomic E-state index is -0.605. The van der Waals surface area contributed by atoms with Crippen LogP contribution in [-0.4, -0.2) is 61.5 Å². The Balaban J connectivity index is 1.33. The second-order valence-corrected chi connectivity index (χ2v) is 8.12. The minimum Gasteiger partial charge on any atom is -0.442 e. The van der Waals surface area contributed by atoms with Gasteiger partial charge in [-0.1, -0.05) is 0 Å². The zero-order valence-electron chi connectivity index (χ0n) is 18.5. The maximum absolute atomic E-state index is 14.9. The SMILES string of the molecule is CC(=O)NC[C@H]1CN(c2ccc(N3CCC(N=Cc4ccc([N+](=O)[O-])o4)CC3)c(F)c2)C(=O)O1. The third-order valence-corrected chi connectivity index (χ3v) is 5.71.